The molecule has 0 aromatic rings. The molecule has 19 heavy (non-hydrogen) atoms. The van der Waals surface area contributed by atoms with E-state index in [0.29, 0.717) is 0 Å². The van der Waals surface area contributed by atoms with Crippen LogP contribution in [-0.4, -0.2) is 59.4 Å². The summed E-state index contributed by atoms with van der Waals surface area (Å²) in [7, 11) is 0. The number of morpholine rings is 1. The number of halogens is 2. The minimum absolute atomic E-state index is 0.0844. The van der Waals surface area contributed by atoms with Crippen LogP contribution in [0.4, 0.5) is 13.6 Å². The van der Waals surface area contributed by atoms with Crippen LogP contribution in [0.3, 0.4) is 0 Å². The maximum absolute atomic E-state index is 13.3. The molecule has 1 fully saturated rings. The Labute approximate surface area is 109 Å². The molecule has 1 unspecified atom stereocenters. The number of carboxylic acid groups (broad SMARTS) is 1. The fourth-order valence-corrected chi connectivity index (χ4v) is 1.50. The van der Waals surface area contributed by atoms with Crippen LogP contribution < -0.4 is 0 Å². The van der Waals surface area contributed by atoms with Crippen molar-refractivity contribution in [2.24, 2.45) is 0 Å². The van der Waals surface area contributed by atoms with Gasteiger partial charge in [-0.25, -0.2) is 9.59 Å². The minimum atomic E-state index is -4.04. The number of amides is 1. The fourth-order valence-electron chi connectivity index (χ4n) is 1.50. The first-order valence-electron chi connectivity index (χ1n) is 5.75. The van der Waals surface area contributed by atoms with Gasteiger partial charge < -0.3 is 19.5 Å². The molecule has 1 N–H and O–H groups in total. The maximum atomic E-state index is 13.3. The molecule has 0 aromatic heterocycles. The van der Waals surface area contributed by atoms with Crippen LogP contribution in [0.1, 0.15) is 20.8 Å². The highest BCUT2D eigenvalue weighted by atomic mass is 19.3. The normalized spacial score (nSPS) is 21.1. The summed E-state index contributed by atoms with van der Waals surface area (Å²) in [6.45, 7) is 4.35. The van der Waals surface area contributed by atoms with Crippen molar-refractivity contribution in [1.29, 1.82) is 0 Å². The van der Waals surface area contributed by atoms with E-state index in [1.165, 1.54) is 0 Å². The molecule has 1 aliphatic heterocycles. The molecule has 1 atom stereocenters. The Balaban J connectivity index is 2.70. The average Bonchev–Trinajstić information content (AvgIpc) is 2.26. The van der Waals surface area contributed by atoms with Crippen molar-refractivity contribution in [3.8, 4) is 0 Å². The third-order valence-electron chi connectivity index (χ3n) is 2.41. The van der Waals surface area contributed by atoms with Gasteiger partial charge in [-0.1, -0.05) is 0 Å². The molecule has 0 bridgehead atoms. The predicted octanol–water partition coefficient (Wildman–Crippen LogP) is 1.34. The summed E-state index contributed by atoms with van der Waals surface area (Å²) in [6, 6.07) is 0. The summed E-state index contributed by atoms with van der Waals surface area (Å²) in [4.78, 5) is 23.2. The molecular formula is C11H17F2NO5. The fraction of sp³-hybridized carbons (Fsp3) is 0.818. The quantitative estimate of drug-likeness (QED) is 0.826. The van der Waals surface area contributed by atoms with Crippen LogP contribution in [0.15, 0.2) is 0 Å². The van der Waals surface area contributed by atoms with Crippen LogP contribution in [0.25, 0.3) is 0 Å². The lowest BCUT2D eigenvalue weighted by molar-refractivity contribution is -0.197. The Morgan fingerprint density at radius 3 is 2.42 bits per heavy atom. The van der Waals surface area contributed by atoms with Gasteiger partial charge in [0.05, 0.1) is 13.2 Å². The first-order chi connectivity index (χ1) is 8.54. The third kappa shape index (κ3) is 4.02. The first kappa shape index (κ1) is 15.6. The Kier molecular flexibility index (Phi) is 4.34. The molecule has 1 heterocycles. The summed E-state index contributed by atoms with van der Waals surface area (Å²) in [6.07, 6.45) is -2.63. The monoisotopic (exact) mass is 281 g/mol. The summed E-state index contributed by atoms with van der Waals surface area (Å²) >= 11 is 0. The first-order valence-corrected chi connectivity index (χ1v) is 5.75. The zero-order valence-corrected chi connectivity index (χ0v) is 11.0. The Bertz CT molecular complexity index is 367. The van der Waals surface area contributed by atoms with E-state index in [1.807, 2.05) is 0 Å². The van der Waals surface area contributed by atoms with Gasteiger partial charge in [-0.15, -0.1) is 0 Å². The van der Waals surface area contributed by atoms with Crippen LogP contribution in [-0.2, 0) is 14.3 Å². The second kappa shape index (κ2) is 5.28. The van der Waals surface area contributed by atoms with Crippen molar-refractivity contribution >= 4 is 12.1 Å². The third-order valence-corrected chi connectivity index (χ3v) is 2.41. The van der Waals surface area contributed by atoms with Gasteiger partial charge in [-0.2, -0.15) is 8.78 Å². The lowest BCUT2D eigenvalue weighted by Crippen LogP contribution is -2.55. The number of carbonyl (C=O) groups is 2. The minimum Gasteiger partial charge on any atom is -0.477 e. The van der Waals surface area contributed by atoms with Gasteiger partial charge in [0, 0.05) is 6.54 Å². The molecule has 0 aromatic carbocycles. The number of hydrogen-bond acceptors (Lipinski definition) is 4. The van der Waals surface area contributed by atoms with Gasteiger partial charge >= 0.3 is 18.0 Å². The summed E-state index contributed by atoms with van der Waals surface area (Å²) < 4.78 is 36.4. The summed E-state index contributed by atoms with van der Waals surface area (Å²) in [5.41, 5.74) is -0.750. The molecule has 8 heteroatoms. The molecule has 0 spiro atoms. The van der Waals surface area contributed by atoms with Gasteiger partial charge in [0.15, 0.2) is 6.10 Å². The zero-order chi connectivity index (χ0) is 14.8. The second-order valence-electron chi connectivity index (χ2n) is 5.21. The largest absolute Gasteiger partial charge is 0.477 e. The molecule has 0 radical (unpaired) electrons. The van der Waals surface area contributed by atoms with E-state index in [2.05, 4.69) is 0 Å². The summed E-state index contributed by atoms with van der Waals surface area (Å²) in [5, 5.41) is 8.44. The summed E-state index contributed by atoms with van der Waals surface area (Å²) in [5.74, 6) is -6.32. The number of carboxylic acids is 1. The highest BCUT2D eigenvalue weighted by molar-refractivity contribution is 5.76. The predicted molar refractivity (Wildman–Crippen MR) is 60.1 cm³/mol. The molecule has 1 rings (SSSR count). The number of rotatable bonds is 2. The Morgan fingerprint density at radius 2 is 1.95 bits per heavy atom. The molecule has 1 aliphatic rings. The number of hydrogen-bond donors (Lipinski definition) is 1. The number of ether oxygens (including phenoxy) is 2. The van der Waals surface area contributed by atoms with E-state index in [9.17, 15) is 18.4 Å². The number of aliphatic carboxylic acids is 1. The van der Waals surface area contributed by atoms with E-state index in [1.54, 1.807) is 20.8 Å². The lowest BCUT2D eigenvalue weighted by atomic mass is 10.1. The number of carbonyl (C=O) groups excluding carboxylic acids is 1. The highest BCUT2D eigenvalue weighted by Crippen LogP contribution is 2.25. The van der Waals surface area contributed by atoms with Crippen LogP contribution in [0, 0.1) is 0 Å². The van der Waals surface area contributed by atoms with Crippen molar-refractivity contribution in [3.63, 3.8) is 0 Å². The maximum Gasteiger partial charge on any atom is 0.410 e. The standard InChI is InChI=1S/C11H17F2NO5/c1-10(2,3)19-9(17)14-4-5-18-7(6-14)11(12,13)8(15)16/h7H,4-6H2,1-3H3,(H,15,16). The van der Waals surface area contributed by atoms with E-state index in [-0.39, 0.29) is 13.2 Å². The molecule has 0 saturated carbocycles. The molecule has 1 saturated heterocycles. The van der Waals surface area contributed by atoms with Crippen LogP contribution >= 0.6 is 0 Å². The highest BCUT2D eigenvalue weighted by Gasteiger charge is 2.51. The number of nitrogens with zero attached hydrogens (tertiary/aromatic N) is 1. The van der Waals surface area contributed by atoms with Crippen LogP contribution in [0.5, 0.6) is 0 Å². The van der Waals surface area contributed by atoms with Crippen LogP contribution in [0.2, 0.25) is 0 Å². The van der Waals surface area contributed by atoms with Gasteiger partial charge in [-0.05, 0) is 20.8 Å². The van der Waals surface area contributed by atoms with E-state index in [4.69, 9.17) is 14.6 Å². The molecule has 6 nitrogen and oxygen atoms in total. The molecule has 1 amide bonds. The Morgan fingerprint density at radius 1 is 1.37 bits per heavy atom. The van der Waals surface area contributed by atoms with Gasteiger partial charge in [0.25, 0.3) is 0 Å². The average molecular weight is 281 g/mol. The zero-order valence-electron chi connectivity index (χ0n) is 11.0. The topological polar surface area (TPSA) is 76.1 Å². The van der Waals surface area contributed by atoms with E-state index >= 15 is 0 Å². The van der Waals surface area contributed by atoms with Crippen molar-refractivity contribution in [2.75, 3.05) is 19.7 Å². The lowest BCUT2D eigenvalue weighted by Gasteiger charge is -2.35. The van der Waals surface area contributed by atoms with E-state index < -0.39 is 36.2 Å². The molecular weight excluding hydrogens is 264 g/mol. The molecule has 0 aliphatic carbocycles. The van der Waals surface area contributed by atoms with Crippen molar-refractivity contribution in [1.82, 2.24) is 4.90 Å². The van der Waals surface area contributed by atoms with Gasteiger partial charge in [-0.3, -0.25) is 0 Å². The Hall–Kier alpha value is -1.44. The number of alkyl halides is 2. The van der Waals surface area contributed by atoms with Crippen molar-refractivity contribution in [2.45, 2.75) is 38.4 Å². The van der Waals surface area contributed by atoms with Gasteiger partial charge in [0.1, 0.15) is 5.60 Å². The SMILES string of the molecule is CC(C)(C)OC(=O)N1CCOC(C(F)(F)C(=O)O)C1. The van der Waals surface area contributed by atoms with Crippen molar-refractivity contribution < 1.29 is 33.0 Å². The van der Waals surface area contributed by atoms with Crippen molar-refractivity contribution in [3.05, 3.63) is 0 Å². The smallest absolute Gasteiger partial charge is 0.410 e. The van der Waals surface area contributed by atoms with E-state index in [0.717, 1.165) is 4.90 Å². The molecule has 110 valence electrons. The van der Waals surface area contributed by atoms with Gasteiger partial charge in [0.2, 0.25) is 0 Å². The second-order valence-corrected chi connectivity index (χ2v) is 5.21.